The van der Waals surface area contributed by atoms with Crippen LogP contribution in [-0.4, -0.2) is 10.9 Å². The zero-order chi connectivity index (χ0) is 22.8. The lowest BCUT2D eigenvalue weighted by Crippen LogP contribution is -2.21. The van der Waals surface area contributed by atoms with Crippen molar-refractivity contribution >= 4 is 11.6 Å². The van der Waals surface area contributed by atoms with Gasteiger partial charge in [0.15, 0.2) is 0 Å². The molecule has 0 fully saturated rings. The van der Waals surface area contributed by atoms with E-state index in [1.165, 1.54) is 25.3 Å². The molecule has 1 amide bonds. The lowest BCUT2D eigenvalue weighted by Gasteiger charge is -2.19. The van der Waals surface area contributed by atoms with E-state index >= 15 is 0 Å². The van der Waals surface area contributed by atoms with Gasteiger partial charge in [-0.05, 0) is 54.4 Å². The quantitative estimate of drug-likeness (QED) is 0.527. The Hall–Kier alpha value is -3.69. The molecule has 0 saturated carbocycles. The van der Waals surface area contributed by atoms with Crippen LogP contribution in [0.25, 0.3) is 0 Å². The maximum atomic E-state index is 13.7. The highest BCUT2D eigenvalue weighted by Gasteiger charge is 2.38. The van der Waals surface area contributed by atoms with Gasteiger partial charge in [-0.3, -0.25) is 9.59 Å². The SMILES string of the molecule is Cc1cc(F)ccc1Oc1cc(CF)cc(C(F)(F)F)c1C(=O)Nc1cc[nH]c(=O)c1. The number of H-pyrrole nitrogens is 1. The van der Waals surface area contributed by atoms with Gasteiger partial charge in [-0.25, -0.2) is 8.78 Å². The van der Waals surface area contributed by atoms with E-state index in [9.17, 15) is 31.5 Å². The lowest BCUT2D eigenvalue weighted by molar-refractivity contribution is -0.138. The van der Waals surface area contributed by atoms with E-state index in [2.05, 4.69) is 10.3 Å². The number of carbonyl (C=O) groups excluding carboxylic acids is 1. The van der Waals surface area contributed by atoms with E-state index in [-0.39, 0.29) is 22.6 Å². The highest BCUT2D eigenvalue weighted by molar-refractivity contribution is 6.07. The van der Waals surface area contributed by atoms with E-state index < -0.39 is 47.0 Å². The summed E-state index contributed by atoms with van der Waals surface area (Å²) in [5.74, 6) is -2.40. The van der Waals surface area contributed by atoms with E-state index in [0.29, 0.717) is 6.07 Å². The maximum Gasteiger partial charge on any atom is 0.417 e. The average Bonchev–Trinajstić information content (AvgIpc) is 2.68. The van der Waals surface area contributed by atoms with Gasteiger partial charge in [0, 0.05) is 18.0 Å². The Kier molecular flexibility index (Phi) is 6.09. The molecule has 0 radical (unpaired) electrons. The molecular formula is C21H15F5N2O3. The summed E-state index contributed by atoms with van der Waals surface area (Å²) in [6, 6.07) is 7.02. The fourth-order valence-electron chi connectivity index (χ4n) is 2.85. The van der Waals surface area contributed by atoms with Crippen LogP contribution in [0.2, 0.25) is 0 Å². The molecule has 10 heteroatoms. The molecule has 31 heavy (non-hydrogen) atoms. The second-order valence-electron chi connectivity index (χ2n) is 6.56. The maximum absolute atomic E-state index is 13.7. The first-order chi connectivity index (χ1) is 14.6. The Morgan fingerprint density at radius 2 is 1.84 bits per heavy atom. The molecule has 0 aliphatic carbocycles. The van der Waals surface area contributed by atoms with Crippen molar-refractivity contribution < 1.29 is 31.5 Å². The molecule has 2 aromatic carbocycles. The second-order valence-corrected chi connectivity index (χ2v) is 6.56. The number of aromatic nitrogens is 1. The summed E-state index contributed by atoms with van der Waals surface area (Å²) in [7, 11) is 0. The number of ether oxygens (including phenoxy) is 1. The minimum absolute atomic E-state index is 0.0178. The van der Waals surface area contributed by atoms with Gasteiger partial charge in [0.05, 0.1) is 11.1 Å². The Balaban J connectivity index is 2.15. The standard InChI is InChI=1S/C21H15F5N2O3/c1-11-6-13(23)2-3-16(11)31-17-8-12(10-22)7-15(21(24,25)26)19(17)20(30)28-14-4-5-27-18(29)9-14/h2-9H,10H2,1H3,(H2,27,28,29,30). The van der Waals surface area contributed by atoms with E-state index in [1.807, 2.05) is 0 Å². The summed E-state index contributed by atoms with van der Waals surface area (Å²) in [6.45, 7) is 0.218. The van der Waals surface area contributed by atoms with Gasteiger partial charge < -0.3 is 15.0 Å². The van der Waals surface area contributed by atoms with Crippen LogP contribution in [-0.2, 0) is 12.9 Å². The molecule has 0 aliphatic rings. The van der Waals surface area contributed by atoms with Gasteiger partial charge >= 0.3 is 6.18 Å². The van der Waals surface area contributed by atoms with Crippen molar-refractivity contribution in [2.75, 3.05) is 5.32 Å². The highest BCUT2D eigenvalue weighted by Crippen LogP contribution is 2.40. The predicted molar refractivity (Wildman–Crippen MR) is 102 cm³/mol. The molecule has 0 aliphatic heterocycles. The van der Waals surface area contributed by atoms with Crippen molar-refractivity contribution in [1.29, 1.82) is 0 Å². The molecule has 0 spiro atoms. The number of hydrogen-bond donors (Lipinski definition) is 2. The number of halogens is 5. The van der Waals surface area contributed by atoms with E-state index in [4.69, 9.17) is 4.74 Å². The molecule has 0 bridgehead atoms. The molecule has 0 atom stereocenters. The minimum atomic E-state index is -5.01. The topological polar surface area (TPSA) is 71.2 Å². The summed E-state index contributed by atoms with van der Waals surface area (Å²) >= 11 is 0. The molecule has 1 heterocycles. The van der Waals surface area contributed by atoms with Gasteiger partial charge in [0.1, 0.15) is 24.0 Å². The van der Waals surface area contributed by atoms with Crippen LogP contribution in [0.1, 0.15) is 27.0 Å². The normalized spacial score (nSPS) is 11.3. The van der Waals surface area contributed by atoms with Gasteiger partial charge in [-0.2, -0.15) is 13.2 Å². The van der Waals surface area contributed by atoms with Gasteiger partial charge in [0.2, 0.25) is 5.56 Å². The zero-order valence-electron chi connectivity index (χ0n) is 15.9. The fourth-order valence-corrected chi connectivity index (χ4v) is 2.85. The Bertz CT molecular complexity index is 1190. The molecule has 0 saturated heterocycles. The number of carbonyl (C=O) groups is 1. The summed E-state index contributed by atoms with van der Waals surface area (Å²) < 4.78 is 73.3. The summed E-state index contributed by atoms with van der Waals surface area (Å²) in [5.41, 5.74) is -3.08. The highest BCUT2D eigenvalue weighted by atomic mass is 19.4. The minimum Gasteiger partial charge on any atom is -0.456 e. The van der Waals surface area contributed by atoms with Crippen molar-refractivity contribution in [3.05, 3.63) is 87.1 Å². The predicted octanol–water partition coefficient (Wildman–Crippen LogP) is 5.36. The second kappa shape index (κ2) is 8.58. The van der Waals surface area contributed by atoms with Gasteiger partial charge in [-0.1, -0.05) is 0 Å². The van der Waals surface area contributed by atoms with Crippen LogP contribution < -0.4 is 15.6 Å². The summed E-state index contributed by atoms with van der Waals surface area (Å²) in [6.07, 6.45) is -3.81. The molecule has 3 rings (SSSR count). The Morgan fingerprint density at radius 1 is 1.10 bits per heavy atom. The number of pyridine rings is 1. The first kappa shape index (κ1) is 22.0. The fraction of sp³-hybridized carbons (Fsp3) is 0.143. The Morgan fingerprint density at radius 3 is 2.45 bits per heavy atom. The van der Waals surface area contributed by atoms with Crippen molar-refractivity contribution in [2.45, 2.75) is 19.8 Å². The molecule has 1 aromatic heterocycles. The number of aromatic amines is 1. The van der Waals surface area contributed by atoms with Crippen LogP contribution in [0.5, 0.6) is 11.5 Å². The van der Waals surface area contributed by atoms with Crippen LogP contribution in [0.3, 0.4) is 0 Å². The number of nitrogens with one attached hydrogen (secondary N) is 2. The number of rotatable bonds is 5. The van der Waals surface area contributed by atoms with Crippen molar-refractivity contribution in [1.82, 2.24) is 4.98 Å². The van der Waals surface area contributed by atoms with E-state index in [1.54, 1.807) is 0 Å². The monoisotopic (exact) mass is 438 g/mol. The molecule has 3 aromatic rings. The van der Waals surface area contributed by atoms with Gasteiger partial charge in [-0.15, -0.1) is 0 Å². The molecule has 0 unspecified atom stereocenters. The number of alkyl halides is 4. The summed E-state index contributed by atoms with van der Waals surface area (Å²) in [4.78, 5) is 26.5. The summed E-state index contributed by atoms with van der Waals surface area (Å²) in [5, 5.41) is 2.21. The number of aryl methyl sites for hydroxylation is 1. The molecular weight excluding hydrogens is 423 g/mol. The van der Waals surface area contributed by atoms with Crippen LogP contribution >= 0.6 is 0 Å². The van der Waals surface area contributed by atoms with Crippen molar-refractivity contribution in [3.63, 3.8) is 0 Å². The lowest BCUT2D eigenvalue weighted by atomic mass is 10.0. The molecule has 162 valence electrons. The van der Waals surface area contributed by atoms with Crippen molar-refractivity contribution in [2.24, 2.45) is 0 Å². The largest absolute Gasteiger partial charge is 0.456 e. The Labute approximate surface area is 172 Å². The zero-order valence-corrected chi connectivity index (χ0v) is 15.9. The van der Waals surface area contributed by atoms with Crippen LogP contribution in [0, 0.1) is 12.7 Å². The third kappa shape index (κ3) is 5.08. The van der Waals surface area contributed by atoms with Gasteiger partial charge in [0.25, 0.3) is 5.91 Å². The number of anilines is 1. The smallest absolute Gasteiger partial charge is 0.417 e. The number of hydrogen-bond acceptors (Lipinski definition) is 3. The third-order valence-corrected chi connectivity index (χ3v) is 4.24. The van der Waals surface area contributed by atoms with Crippen LogP contribution in [0.15, 0.2) is 53.5 Å². The molecule has 5 nitrogen and oxygen atoms in total. The molecule has 2 N–H and O–H groups in total. The number of amides is 1. The van der Waals surface area contributed by atoms with Crippen molar-refractivity contribution in [3.8, 4) is 11.5 Å². The number of benzene rings is 2. The van der Waals surface area contributed by atoms with E-state index in [0.717, 1.165) is 24.3 Å². The average molecular weight is 438 g/mol. The third-order valence-electron chi connectivity index (χ3n) is 4.24. The first-order valence-corrected chi connectivity index (χ1v) is 8.82. The van der Waals surface area contributed by atoms with Crippen LogP contribution in [0.4, 0.5) is 27.6 Å². The first-order valence-electron chi connectivity index (χ1n) is 8.82.